The van der Waals surface area contributed by atoms with Crippen molar-refractivity contribution >= 4 is 0 Å². The van der Waals surface area contributed by atoms with E-state index < -0.39 is 0 Å². The highest BCUT2D eigenvalue weighted by molar-refractivity contribution is 5.42. The molecule has 0 spiro atoms. The smallest absolute Gasteiger partial charge is 0.124 e. The van der Waals surface area contributed by atoms with Crippen LogP contribution in [0, 0.1) is 5.41 Å². The molecule has 3 rings (SSSR count). The Morgan fingerprint density at radius 3 is 2.55 bits per heavy atom. The fourth-order valence-corrected chi connectivity index (χ4v) is 3.40. The molecule has 1 aromatic carbocycles. The van der Waals surface area contributed by atoms with Crippen molar-refractivity contribution < 1.29 is 4.74 Å². The molecule has 0 bridgehead atoms. The molecular formula is C18H27NO. The molecule has 1 fully saturated rings. The van der Waals surface area contributed by atoms with E-state index in [1.807, 2.05) is 0 Å². The average Bonchev–Trinajstić information content (AvgIpc) is 2.43. The second kappa shape index (κ2) is 5.07. The summed E-state index contributed by atoms with van der Waals surface area (Å²) in [5.74, 6) is 1.11. The van der Waals surface area contributed by atoms with Crippen LogP contribution in [-0.2, 0) is 13.0 Å². The monoisotopic (exact) mass is 273 g/mol. The Hall–Kier alpha value is -1.02. The molecule has 1 aromatic rings. The lowest BCUT2D eigenvalue weighted by Crippen LogP contribution is -2.39. The number of ether oxygens (including phenoxy) is 1. The lowest BCUT2D eigenvalue weighted by atomic mass is 9.71. The van der Waals surface area contributed by atoms with E-state index in [0.717, 1.165) is 38.1 Å². The first-order valence-corrected chi connectivity index (χ1v) is 7.98. The molecule has 0 amide bonds. The van der Waals surface area contributed by atoms with Crippen molar-refractivity contribution in [2.45, 2.75) is 65.0 Å². The largest absolute Gasteiger partial charge is 0.487 e. The average molecular weight is 273 g/mol. The molecule has 0 radical (unpaired) electrons. The van der Waals surface area contributed by atoms with Crippen LogP contribution in [0.25, 0.3) is 0 Å². The molecule has 2 heteroatoms. The van der Waals surface area contributed by atoms with Gasteiger partial charge in [0.15, 0.2) is 0 Å². The summed E-state index contributed by atoms with van der Waals surface area (Å²) in [7, 11) is 0. The van der Waals surface area contributed by atoms with Gasteiger partial charge in [0.2, 0.25) is 0 Å². The minimum atomic E-state index is 0.0160. The summed E-state index contributed by atoms with van der Waals surface area (Å²) in [6, 6.07) is 6.54. The van der Waals surface area contributed by atoms with Gasteiger partial charge in [-0.1, -0.05) is 26.0 Å². The molecular weight excluding hydrogens is 246 g/mol. The zero-order chi connectivity index (χ0) is 14.2. The molecule has 2 nitrogen and oxygen atoms in total. The Morgan fingerprint density at radius 1 is 1.05 bits per heavy atom. The molecule has 1 saturated carbocycles. The minimum Gasteiger partial charge on any atom is -0.487 e. The summed E-state index contributed by atoms with van der Waals surface area (Å²) in [5, 5.41) is 3.46. The van der Waals surface area contributed by atoms with Gasteiger partial charge in [-0.15, -0.1) is 0 Å². The molecule has 0 aromatic heterocycles. The highest BCUT2D eigenvalue weighted by atomic mass is 16.5. The Balaban J connectivity index is 1.78. The molecule has 0 atom stereocenters. The Labute approximate surface area is 122 Å². The van der Waals surface area contributed by atoms with Gasteiger partial charge in [-0.2, -0.15) is 0 Å². The van der Waals surface area contributed by atoms with Crippen molar-refractivity contribution in [3.63, 3.8) is 0 Å². The second-order valence-electron chi connectivity index (χ2n) is 7.54. The molecule has 2 aliphatic rings. The number of nitrogens with one attached hydrogen (secondary N) is 1. The van der Waals surface area contributed by atoms with Crippen LogP contribution < -0.4 is 10.1 Å². The van der Waals surface area contributed by atoms with E-state index in [-0.39, 0.29) is 5.60 Å². The summed E-state index contributed by atoms with van der Waals surface area (Å²) in [4.78, 5) is 0. The van der Waals surface area contributed by atoms with Gasteiger partial charge in [0, 0.05) is 12.1 Å². The van der Waals surface area contributed by atoms with E-state index in [4.69, 9.17) is 4.74 Å². The first-order valence-electron chi connectivity index (χ1n) is 7.98. The summed E-state index contributed by atoms with van der Waals surface area (Å²) in [5.41, 5.74) is 3.34. The minimum absolute atomic E-state index is 0.0160. The fourth-order valence-electron chi connectivity index (χ4n) is 3.40. The second-order valence-corrected chi connectivity index (χ2v) is 7.54. The maximum Gasteiger partial charge on any atom is 0.124 e. The number of fused-ring (bicyclic) bond motifs is 1. The lowest BCUT2D eigenvalue weighted by molar-refractivity contribution is 0.0116. The lowest BCUT2D eigenvalue weighted by Gasteiger charge is -2.42. The quantitative estimate of drug-likeness (QED) is 0.877. The van der Waals surface area contributed by atoms with Gasteiger partial charge in [-0.3, -0.25) is 0 Å². The van der Waals surface area contributed by atoms with Crippen molar-refractivity contribution in [3.05, 3.63) is 29.3 Å². The number of hydrogen-bond acceptors (Lipinski definition) is 2. The van der Waals surface area contributed by atoms with Crippen LogP contribution in [0.15, 0.2) is 18.2 Å². The van der Waals surface area contributed by atoms with Gasteiger partial charge in [-0.05, 0) is 62.6 Å². The molecule has 1 aliphatic carbocycles. The SMILES string of the molecule is CC1(C)CCC(C)(Oc2cccc3c2CNCC3)CC1. The zero-order valence-corrected chi connectivity index (χ0v) is 13.1. The molecule has 1 heterocycles. The molecule has 1 N–H and O–H groups in total. The highest BCUT2D eigenvalue weighted by Crippen LogP contribution is 2.42. The van der Waals surface area contributed by atoms with Crippen molar-refractivity contribution in [1.29, 1.82) is 0 Å². The van der Waals surface area contributed by atoms with Gasteiger partial charge in [0.1, 0.15) is 11.4 Å². The highest BCUT2D eigenvalue weighted by Gasteiger charge is 2.36. The third-order valence-electron chi connectivity index (χ3n) is 5.12. The summed E-state index contributed by atoms with van der Waals surface area (Å²) in [6.07, 6.45) is 5.97. The van der Waals surface area contributed by atoms with Gasteiger partial charge >= 0.3 is 0 Å². The van der Waals surface area contributed by atoms with Crippen molar-refractivity contribution in [2.24, 2.45) is 5.41 Å². The van der Waals surface area contributed by atoms with E-state index in [1.54, 1.807) is 0 Å². The third-order valence-corrected chi connectivity index (χ3v) is 5.12. The van der Waals surface area contributed by atoms with E-state index in [0.29, 0.717) is 5.41 Å². The summed E-state index contributed by atoms with van der Waals surface area (Å²) < 4.78 is 6.49. The predicted octanol–water partition coefficient (Wildman–Crippen LogP) is 4.07. The number of hydrogen-bond donors (Lipinski definition) is 1. The van der Waals surface area contributed by atoms with Crippen molar-refractivity contribution in [1.82, 2.24) is 5.32 Å². The number of rotatable bonds is 2. The summed E-state index contributed by atoms with van der Waals surface area (Å²) >= 11 is 0. The van der Waals surface area contributed by atoms with Crippen LogP contribution in [0.2, 0.25) is 0 Å². The van der Waals surface area contributed by atoms with Crippen molar-refractivity contribution in [2.75, 3.05) is 6.54 Å². The van der Waals surface area contributed by atoms with Crippen LogP contribution >= 0.6 is 0 Å². The van der Waals surface area contributed by atoms with Crippen LogP contribution in [0.3, 0.4) is 0 Å². The fraction of sp³-hybridized carbons (Fsp3) is 0.667. The van der Waals surface area contributed by atoms with E-state index in [2.05, 4.69) is 44.3 Å². The standard InChI is InChI=1S/C18H27NO/c1-17(2)8-10-18(3,11-9-17)20-16-6-4-5-14-7-12-19-13-15(14)16/h4-6,19H,7-13H2,1-3H3. The van der Waals surface area contributed by atoms with E-state index in [9.17, 15) is 0 Å². The third kappa shape index (κ3) is 2.85. The van der Waals surface area contributed by atoms with Crippen LogP contribution in [0.1, 0.15) is 57.6 Å². The Bertz CT molecular complexity index is 482. The molecule has 20 heavy (non-hydrogen) atoms. The first kappa shape index (κ1) is 13.9. The van der Waals surface area contributed by atoms with Crippen molar-refractivity contribution in [3.8, 4) is 5.75 Å². The van der Waals surface area contributed by atoms with E-state index >= 15 is 0 Å². The van der Waals surface area contributed by atoms with Gasteiger partial charge in [0.05, 0.1) is 0 Å². The molecule has 0 saturated heterocycles. The normalized spacial score (nSPS) is 23.9. The predicted molar refractivity (Wildman–Crippen MR) is 83.1 cm³/mol. The maximum absolute atomic E-state index is 6.49. The number of benzene rings is 1. The van der Waals surface area contributed by atoms with Gasteiger partial charge in [0.25, 0.3) is 0 Å². The molecule has 1 aliphatic heterocycles. The van der Waals surface area contributed by atoms with Crippen LogP contribution in [0.4, 0.5) is 0 Å². The maximum atomic E-state index is 6.49. The molecule has 0 unspecified atom stereocenters. The molecule has 110 valence electrons. The van der Waals surface area contributed by atoms with E-state index in [1.165, 1.54) is 24.0 Å². The van der Waals surface area contributed by atoms with Crippen LogP contribution in [-0.4, -0.2) is 12.1 Å². The van der Waals surface area contributed by atoms with Crippen LogP contribution in [0.5, 0.6) is 5.75 Å². The van der Waals surface area contributed by atoms with Gasteiger partial charge in [-0.25, -0.2) is 0 Å². The topological polar surface area (TPSA) is 21.3 Å². The Morgan fingerprint density at radius 2 is 1.80 bits per heavy atom. The van der Waals surface area contributed by atoms with Gasteiger partial charge < -0.3 is 10.1 Å². The Kier molecular flexibility index (Phi) is 3.53. The zero-order valence-electron chi connectivity index (χ0n) is 13.1. The summed E-state index contributed by atoms with van der Waals surface area (Å²) in [6.45, 7) is 9.08. The first-order chi connectivity index (χ1) is 9.48.